The van der Waals surface area contributed by atoms with Crippen molar-refractivity contribution in [2.75, 3.05) is 5.32 Å². The first kappa shape index (κ1) is 11.8. The minimum Gasteiger partial charge on any atom is -0.464 e. The van der Waals surface area contributed by atoms with Gasteiger partial charge in [-0.25, -0.2) is 0 Å². The molecule has 0 aliphatic heterocycles. The molecule has 0 saturated heterocycles. The van der Waals surface area contributed by atoms with E-state index in [0.29, 0.717) is 0 Å². The Morgan fingerprint density at radius 3 is 2.71 bits per heavy atom. The van der Waals surface area contributed by atoms with Crippen LogP contribution in [-0.2, 0) is 6.42 Å². The van der Waals surface area contributed by atoms with E-state index in [-0.39, 0.29) is 6.04 Å². The quantitative estimate of drug-likeness (QED) is 0.844. The Bertz CT molecular complexity index is 487. The van der Waals surface area contributed by atoms with Crippen LogP contribution in [0, 0.1) is 6.92 Å². The first-order valence-electron chi connectivity index (χ1n) is 6.11. The van der Waals surface area contributed by atoms with Crippen molar-refractivity contribution in [3.8, 4) is 0 Å². The largest absolute Gasteiger partial charge is 0.464 e. The summed E-state index contributed by atoms with van der Waals surface area (Å²) in [5.74, 6) is 1.93. The van der Waals surface area contributed by atoms with Gasteiger partial charge in [0.1, 0.15) is 11.5 Å². The summed E-state index contributed by atoms with van der Waals surface area (Å²) in [5, 5.41) is 3.45. The second-order valence-corrected chi connectivity index (χ2v) is 4.37. The number of furan rings is 1. The number of aryl methyl sites for hydroxylation is 2. The van der Waals surface area contributed by atoms with E-state index in [4.69, 9.17) is 4.42 Å². The van der Waals surface area contributed by atoms with Gasteiger partial charge in [-0.2, -0.15) is 0 Å². The second-order valence-electron chi connectivity index (χ2n) is 4.37. The van der Waals surface area contributed by atoms with Gasteiger partial charge in [-0.1, -0.05) is 19.1 Å². The molecule has 1 unspecified atom stereocenters. The molecule has 90 valence electrons. The van der Waals surface area contributed by atoms with Crippen molar-refractivity contribution >= 4 is 5.69 Å². The molecule has 1 atom stereocenters. The molecule has 1 aromatic heterocycles. The van der Waals surface area contributed by atoms with Crippen LogP contribution in [0.1, 0.15) is 37.0 Å². The van der Waals surface area contributed by atoms with Crippen LogP contribution < -0.4 is 5.32 Å². The standard InChI is InChI=1S/C15H19NO/c1-4-13-6-5-7-14(10-13)16-12(3)15-9-8-11(2)17-15/h5-10,12,16H,4H2,1-3H3. The molecule has 0 saturated carbocycles. The molecule has 0 aliphatic carbocycles. The molecule has 2 heteroatoms. The van der Waals surface area contributed by atoms with Gasteiger partial charge in [0, 0.05) is 5.69 Å². The molecule has 2 aromatic rings. The molecule has 2 nitrogen and oxygen atoms in total. The van der Waals surface area contributed by atoms with Gasteiger partial charge in [0.2, 0.25) is 0 Å². The molecule has 0 amide bonds. The Kier molecular flexibility index (Phi) is 3.52. The van der Waals surface area contributed by atoms with Crippen LogP contribution in [-0.4, -0.2) is 0 Å². The molecule has 0 aliphatic rings. The fourth-order valence-corrected chi connectivity index (χ4v) is 1.89. The number of nitrogens with one attached hydrogen (secondary N) is 1. The highest BCUT2D eigenvalue weighted by atomic mass is 16.3. The minimum absolute atomic E-state index is 0.191. The predicted octanol–water partition coefficient (Wildman–Crippen LogP) is 4.32. The molecule has 17 heavy (non-hydrogen) atoms. The van der Waals surface area contributed by atoms with E-state index in [0.717, 1.165) is 23.6 Å². The van der Waals surface area contributed by atoms with E-state index in [2.05, 4.69) is 43.4 Å². The minimum atomic E-state index is 0.191. The maximum absolute atomic E-state index is 5.61. The Morgan fingerprint density at radius 1 is 1.24 bits per heavy atom. The van der Waals surface area contributed by atoms with Crippen molar-refractivity contribution < 1.29 is 4.42 Å². The van der Waals surface area contributed by atoms with Crippen molar-refractivity contribution in [1.82, 2.24) is 0 Å². The number of hydrogen-bond donors (Lipinski definition) is 1. The predicted molar refractivity (Wildman–Crippen MR) is 71.3 cm³/mol. The fraction of sp³-hybridized carbons (Fsp3) is 0.333. The number of rotatable bonds is 4. The lowest BCUT2D eigenvalue weighted by molar-refractivity contribution is 0.467. The maximum Gasteiger partial charge on any atom is 0.126 e. The van der Waals surface area contributed by atoms with Gasteiger partial charge in [0.25, 0.3) is 0 Å². The molecule has 1 aromatic carbocycles. The van der Waals surface area contributed by atoms with E-state index in [1.165, 1.54) is 5.56 Å². The number of anilines is 1. The summed E-state index contributed by atoms with van der Waals surface area (Å²) in [6, 6.07) is 12.7. The normalized spacial score (nSPS) is 12.4. The summed E-state index contributed by atoms with van der Waals surface area (Å²) in [6.07, 6.45) is 1.06. The zero-order chi connectivity index (χ0) is 12.3. The third-order valence-corrected chi connectivity index (χ3v) is 2.91. The zero-order valence-electron chi connectivity index (χ0n) is 10.7. The highest BCUT2D eigenvalue weighted by molar-refractivity contribution is 5.47. The lowest BCUT2D eigenvalue weighted by Gasteiger charge is -2.13. The zero-order valence-corrected chi connectivity index (χ0v) is 10.7. The van der Waals surface area contributed by atoms with Gasteiger partial charge in [-0.05, 0) is 50.1 Å². The van der Waals surface area contributed by atoms with Crippen molar-refractivity contribution in [3.05, 3.63) is 53.5 Å². The fourth-order valence-electron chi connectivity index (χ4n) is 1.89. The second kappa shape index (κ2) is 5.09. The summed E-state index contributed by atoms with van der Waals surface area (Å²) in [7, 11) is 0. The Hall–Kier alpha value is -1.70. The number of benzene rings is 1. The van der Waals surface area contributed by atoms with Gasteiger partial charge < -0.3 is 9.73 Å². The molecule has 0 fully saturated rings. The summed E-state index contributed by atoms with van der Waals surface area (Å²) >= 11 is 0. The summed E-state index contributed by atoms with van der Waals surface area (Å²) in [6.45, 7) is 6.24. The maximum atomic E-state index is 5.61. The Balaban J connectivity index is 2.09. The molecular weight excluding hydrogens is 210 g/mol. The van der Waals surface area contributed by atoms with Crippen molar-refractivity contribution in [2.24, 2.45) is 0 Å². The van der Waals surface area contributed by atoms with Crippen molar-refractivity contribution in [1.29, 1.82) is 0 Å². The van der Waals surface area contributed by atoms with Crippen molar-refractivity contribution in [3.63, 3.8) is 0 Å². The van der Waals surface area contributed by atoms with Crippen LogP contribution in [0.15, 0.2) is 40.8 Å². The highest BCUT2D eigenvalue weighted by Crippen LogP contribution is 2.21. The molecule has 0 bridgehead atoms. The van der Waals surface area contributed by atoms with Crippen LogP contribution >= 0.6 is 0 Å². The van der Waals surface area contributed by atoms with Crippen LogP contribution in [0.4, 0.5) is 5.69 Å². The SMILES string of the molecule is CCc1cccc(NC(C)c2ccc(C)o2)c1. The summed E-state index contributed by atoms with van der Waals surface area (Å²) in [5.41, 5.74) is 2.49. The highest BCUT2D eigenvalue weighted by Gasteiger charge is 2.09. The van der Waals surface area contributed by atoms with E-state index >= 15 is 0 Å². The van der Waals surface area contributed by atoms with E-state index in [9.17, 15) is 0 Å². The smallest absolute Gasteiger partial charge is 0.126 e. The lowest BCUT2D eigenvalue weighted by atomic mass is 10.1. The van der Waals surface area contributed by atoms with E-state index in [1.807, 2.05) is 19.1 Å². The molecule has 2 rings (SSSR count). The molecule has 1 heterocycles. The van der Waals surface area contributed by atoms with Crippen LogP contribution in [0.2, 0.25) is 0 Å². The molecule has 1 N–H and O–H groups in total. The average Bonchev–Trinajstić information content (AvgIpc) is 2.76. The van der Waals surface area contributed by atoms with Crippen molar-refractivity contribution in [2.45, 2.75) is 33.2 Å². The van der Waals surface area contributed by atoms with Gasteiger partial charge in [-0.15, -0.1) is 0 Å². The number of hydrogen-bond acceptors (Lipinski definition) is 2. The third-order valence-electron chi connectivity index (χ3n) is 2.91. The molecule has 0 spiro atoms. The Labute approximate surface area is 103 Å². The van der Waals surface area contributed by atoms with Gasteiger partial charge >= 0.3 is 0 Å². The average molecular weight is 229 g/mol. The topological polar surface area (TPSA) is 25.2 Å². The van der Waals surface area contributed by atoms with Crippen LogP contribution in [0.5, 0.6) is 0 Å². The van der Waals surface area contributed by atoms with Gasteiger partial charge in [-0.3, -0.25) is 0 Å². The van der Waals surface area contributed by atoms with Crippen LogP contribution in [0.25, 0.3) is 0 Å². The molecule has 0 radical (unpaired) electrons. The van der Waals surface area contributed by atoms with E-state index in [1.54, 1.807) is 0 Å². The molecular formula is C15H19NO. The lowest BCUT2D eigenvalue weighted by Crippen LogP contribution is -2.05. The summed E-state index contributed by atoms with van der Waals surface area (Å²) < 4.78 is 5.61. The first-order valence-corrected chi connectivity index (χ1v) is 6.11. The van der Waals surface area contributed by atoms with Gasteiger partial charge in [0.05, 0.1) is 6.04 Å². The monoisotopic (exact) mass is 229 g/mol. The first-order chi connectivity index (χ1) is 8.19. The Morgan fingerprint density at radius 2 is 2.06 bits per heavy atom. The van der Waals surface area contributed by atoms with Crippen LogP contribution in [0.3, 0.4) is 0 Å². The summed E-state index contributed by atoms with van der Waals surface area (Å²) in [4.78, 5) is 0. The third kappa shape index (κ3) is 2.90. The van der Waals surface area contributed by atoms with E-state index < -0.39 is 0 Å². The van der Waals surface area contributed by atoms with Gasteiger partial charge in [0.15, 0.2) is 0 Å².